The molecule has 0 aliphatic carbocycles. The lowest BCUT2D eigenvalue weighted by Crippen LogP contribution is -2.39. The second-order valence-electron chi connectivity index (χ2n) is 5.49. The lowest BCUT2D eigenvalue weighted by atomic mass is 9.95. The van der Waals surface area contributed by atoms with E-state index in [1.807, 2.05) is 0 Å². The molecule has 25 heavy (non-hydrogen) atoms. The summed E-state index contributed by atoms with van der Waals surface area (Å²) in [5.74, 6) is -0.00945. The zero-order valence-corrected chi connectivity index (χ0v) is 14.6. The monoisotopic (exact) mass is 393 g/mol. The summed E-state index contributed by atoms with van der Waals surface area (Å²) in [6.07, 6.45) is -4.85. The van der Waals surface area contributed by atoms with Gasteiger partial charge in [-0.1, -0.05) is 30.3 Å². The van der Waals surface area contributed by atoms with Crippen molar-refractivity contribution in [2.24, 2.45) is 0 Å². The third-order valence-electron chi connectivity index (χ3n) is 3.66. The lowest BCUT2D eigenvalue weighted by Gasteiger charge is -2.26. The molecular formula is C16H15ClF3NO3S. The minimum Gasteiger partial charge on any atom is -0.376 e. The first-order valence-corrected chi connectivity index (χ1v) is 9.07. The molecule has 0 amide bonds. The standard InChI is InChI=1S/C16H15ClF3NO3S/c1-15(22,16(18,19)20)12-6-8-13(9-7-12)21-25(23,24)14-5-3-2-4-11(14)10-17/h2-9,21-22H,10H2,1H3. The van der Waals surface area contributed by atoms with E-state index in [-0.39, 0.29) is 16.5 Å². The summed E-state index contributed by atoms with van der Waals surface area (Å²) in [7, 11) is -3.95. The van der Waals surface area contributed by atoms with Crippen molar-refractivity contribution >= 4 is 27.3 Å². The second-order valence-corrected chi connectivity index (χ2v) is 7.41. The van der Waals surface area contributed by atoms with Crippen molar-refractivity contribution in [1.82, 2.24) is 0 Å². The van der Waals surface area contributed by atoms with Gasteiger partial charge < -0.3 is 5.11 Å². The van der Waals surface area contributed by atoms with Crippen LogP contribution in [0, 0.1) is 0 Å². The lowest BCUT2D eigenvalue weighted by molar-refractivity contribution is -0.258. The van der Waals surface area contributed by atoms with Crippen LogP contribution in [-0.4, -0.2) is 19.7 Å². The Morgan fingerprint density at radius 3 is 2.16 bits per heavy atom. The SMILES string of the molecule is CC(O)(c1ccc(NS(=O)(=O)c2ccccc2CCl)cc1)C(F)(F)F. The second kappa shape index (κ2) is 6.86. The highest BCUT2D eigenvalue weighted by Crippen LogP contribution is 2.38. The number of alkyl halides is 4. The highest BCUT2D eigenvalue weighted by atomic mass is 35.5. The third kappa shape index (κ3) is 4.08. The topological polar surface area (TPSA) is 66.4 Å². The number of rotatable bonds is 5. The first-order chi connectivity index (χ1) is 11.5. The Bertz CT molecular complexity index is 850. The average molecular weight is 394 g/mol. The summed E-state index contributed by atoms with van der Waals surface area (Å²) >= 11 is 5.73. The largest absolute Gasteiger partial charge is 0.421 e. The van der Waals surface area contributed by atoms with E-state index in [0.717, 1.165) is 24.3 Å². The van der Waals surface area contributed by atoms with Gasteiger partial charge in [0.2, 0.25) is 0 Å². The van der Waals surface area contributed by atoms with Gasteiger partial charge >= 0.3 is 6.18 Å². The zero-order valence-electron chi connectivity index (χ0n) is 13.0. The summed E-state index contributed by atoms with van der Waals surface area (Å²) in [5, 5.41) is 9.61. The normalized spacial score (nSPS) is 14.8. The molecule has 0 aliphatic heterocycles. The summed E-state index contributed by atoms with van der Waals surface area (Å²) in [5.41, 5.74) is -2.97. The number of hydrogen-bond donors (Lipinski definition) is 2. The fourth-order valence-corrected chi connectivity index (χ4v) is 3.72. The fourth-order valence-electron chi connectivity index (χ4n) is 2.11. The molecular weight excluding hydrogens is 379 g/mol. The summed E-state index contributed by atoms with van der Waals surface area (Å²) in [6.45, 7) is 0.628. The molecule has 136 valence electrons. The molecule has 4 nitrogen and oxygen atoms in total. The molecule has 0 spiro atoms. The summed E-state index contributed by atoms with van der Waals surface area (Å²) < 4.78 is 65.6. The Balaban J connectivity index is 2.30. The molecule has 2 N–H and O–H groups in total. The van der Waals surface area contributed by atoms with Crippen molar-refractivity contribution in [3.63, 3.8) is 0 Å². The fraction of sp³-hybridized carbons (Fsp3) is 0.250. The van der Waals surface area contributed by atoms with Gasteiger partial charge in [0.15, 0.2) is 5.60 Å². The Kier molecular flexibility index (Phi) is 5.36. The first-order valence-electron chi connectivity index (χ1n) is 7.05. The number of sulfonamides is 1. The highest BCUT2D eigenvalue weighted by Gasteiger charge is 2.51. The van der Waals surface area contributed by atoms with Crippen LogP contribution in [0.1, 0.15) is 18.1 Å². The molecule has 0 saturated heterocycles. The van der Waals surface area contributed by atoms with E-state index in [4.69, 9.17) is 11.6 Å². The van der Waals surface area contributed by atoms with Crippen LogP contribution in [0.4, 0.5) is 18.9 Å². The summed E-state index contributed by atoms with van der Waals surface area (Å²) in [6, 6.07) is 10.4. The maximum atomic E-state index is 12.8. The van der Waals surface area contributed by atoms with E-state index in [1.54, 1.807) is 12.1 Å². The van der Waals surface area contributed by atoms with Gasteiger partial charge in [0.25, 0.3) is 10.0 Å². The van der Waals surface area contributed by atoms with Crippen LogP contribution >= 0.6 is 11.6 Å². The number of benzene rings is 2. The first kappa shape index (κ1) is 19.6. The van der Waals surface area contributed by atoms with Crippen molar-refractivity contribution < 1.29 is 26.7 Å². The number of nitrogens with one attached hydrogen (secondary N) is 1. The minimum absolute atomic E-state index is 0.00945. The predicted molar refractivity (Wildman–Crippen MR) is 88.9 cm³/mol. The molecule has 0 bridgehead atoms. The van der Waals surface area contributed by atoms with E-state index in [2.05, 4.69) is 4.72 Å². The molecule has 1 unspecified atom stereocenters. The van der Waals surface area contributed by atoms with E-state index in [9.17, 15) is 26.7 Å². The minimum atomic E-state index is -4.85. The molecule has 0 fully saturated rings. The highest BCUT2D eigenvalue weighted by molar-refractivity contribution is 7.92. The number of halogens is 4. The molecule has 1 atom stereocenters. The van der Waals surface area contributed by atoms with E-state index in [1.165, 1.54) is 12.1 Å². The van der Waals surface area contributed by atoms with E-state index >= 15 is 0 Å². The Morgan fingerprint density at radius 2 is 1.64 bits per heavy atom. The Morgan fingerprint density at radius 1 is 1.08 bits per heavy atom. The van der Waals surface area contributed by atoms with Crippen molar-refractivity contribution in [3.05, 3.63) is 59.7 Å². The van der Waals surface area contributed by atoms with E-state index < -0.39 is 27.4 Å². The number of anilines is 1. The molecule has 9 heteroatoms. The molecule has 2 rings (SSSR count). The Hall–Kier alpha value is -1.77. The van der Waals surface area contributed by atoms with Gasteiger partial charge in [-0.2, -0.15) is 13.2 Å². The molecule has 0 aromatic heterocycles. The number of aliphatic hydroxyl groups is 1. The van der Waals surface area contributed by atoms with Crippen LogP contribution in [0.15, 0.2) is 53.4 Å². The maximum Gasteiger partial charge on any atom is 0.421 e. The van der Waals surface area contributed by atoms with Gasteiger partial charge in [-0.05, 0) is 36.2 Å². The molecule has 0 radical (unpaired) electrons. The van der Waals surface area contributed by atoms with Crippen LogP contribution in [-0.2, 0) is 21.5 Å². The molecule has 0 aliphatic rings. The number of hydrogen-bond acceptors (Lipinski definition) is 3. The smallest absolute Gasteiger partial charge is 0.376 e. The molecule has 0 saturated carbocycles. The quantitative estimate of drug-likeness (QED) is 0.755. The van der Waals surface area contributed by atoms with Crippen molar-refractivity contribution in [2.45, 2.75) is 29.5 Å². The maximum absolute atomic E-state index is 12.8. The molecule has 2 aromatic carbocycles. The van der Waals surface area contributed by atoms with Gasteiger partial charge in [-0.15, -0.1) is 11.6 Å². The van der Waals surface area contributed by atoms with Crippen LogP contribution < -0.4 is 4.72 Å². The summed E-state index contributed by atoms with van der Waals surface area (Å²) in [4.78, 5) is -0.0173. The van der Waals surface area contributed by atoms with Crippen molar-refractivity contribution in [2.75, 3.05) is 4.72 Å². The van der Waals surface area contributed by atoms with Crippen LogP contribution in [0.25, 0.3) is 0 Å². The van der Waals surface area contributed by atoms with Crippen molar-refractivity contribution in [3.8, 4) is 0 Å². The molecule has 2 aromatic rings. The zero-order chi connectivity index (χ0) is 18.9. The third-order valence-corrected chi connectivity index (χ3v) is 5.43. The van der Waals surface area contributed by atoms with Crippen LogP contribution in [0.3, 0.4) is 0 Å². The predicted octanol–water partition coefficient (Wildman–Crippen LogP) is 4.00. The van der Waals surface area contributed by atoms with Crippen LogP contribution in [0.2, 0.25) is 0 Å². The van der Waals surface area contributed by atoms with Gasteiger partial charge in [0, 0.05) is 11.6 Å². The van der Waals surface area contributed by atoms with E-state index in [0.29, 0.717) is 12.5 Å². The van der Waals surface area contributed by atoms with Gasteiger partial charge in [0.1, 0.15) is 0 Å². The van der Waals surface area contributed by atoms with Gasteiger partial charge in [-0.25, -0.2) is 8.42 Å². The average Bonchev–Trinajstić information content (AvgIpc) is 2.54. The Labute approximate surface area is 148 Å². The van der Waals surface area contributed by atoms with Gasteiger partial charge in [-0.3, -0.25) is 4.72 Å². The van der Waals surface area contributed by atoms with Crippen LogP contribution in [0.5, 0.6) is 0 Å². The van der Waals surface area contributed by atoms with Gasteiger partial charge in [0.05, 0.1) is 4.90 Å². The van der Waals surface area contributed by atoms with Crippen molar-refractivity contribution in [1.29, 1.82) is 0 Å². The molecule has 0 heterocycles.